The molecule has 0 unspecified atom stereocenters. The van der Waals surface area contributed by atoms with Crippen LogP contribution in [-0.4, -0.2) is 25.6 Å². The lowest BCUT2D eigenvalue weighted by molar-refractivity contribution is -0.297. The Morgan fingerprint density at radius 1 is 1.39 bits per heavy atom. The highest BCUT2D eigenvalue weighted by Gasteiger charge is 2.05. The number of benzene rings is 1. The quantitative estimate of drug-likeness (QED) is 0.674. The molecule has 96 valence electrons. The van der Waals surface area contributed by atoms with Gasteiger partial charge in [0.1, 0.15) is 0 Å². The van der Waals surface area contributed by atoms with Gasteiger partial charge in [-0.05, 0) is 23.8 Å². The van der Waals surface area contributed by atoms with E-state index in [0.29, 0.717) is 17.1 Å². The van der Waals surface area contributed by atoms with Crippen LogP contribution in [0.15, 0.2) is 24.3 Å². The predicted octanol–water partition coefficient (Wildman–Crippen LogP) is -0.678. The summed E-state index contributed by atoms with van der Waals surface area (Å²) in [5.74, 6) is -1.17. The zero-order chi connectivity index (χ0) is 13.5. The van der Waals surface area contributed by atoms with Crippen LogP contribution in [0, 0.1) is 0 Å². The SMILES string of the molecule is COc1cc(C=CC(=O)[O-])ccc1OCC(N)=O. The Morgan fingerprint density at radius 2 is 2.11 bits per heavy atom. The first-order valence-electron chi connectivity index (χ1n) is 5.01. The minimum absolute atomic E-state index is 0.259. The molecule has 0 heterocycles. The maximum Gasteiger partial charge on any atom is 0.255 e. The average molecular weight is 250 g/mol. The molecular formula is C12H12NO5-. The molecule has 0 aliphatic carbocycles. The molecule has 0 aromatic heterocycles. The van der Waals surface area contributed by atoms with E-state index in [-0.39, 0.29) is 6.61 Å². The molecule has 2 N–H and O–H groups in total. The van der Waals surface area contributed by atoms with Crippen molar-refractivity contribution in [3.8, 4) is 11.5 Å². The van der Waals surface area contributed by atoms with Gasteiger partial charge in [0.2, 0.25) is 0 Å². The van der Waals surface area contributed by atoms with Crippen LogP contribution in [0.3, 0.4) is 0 Å². The first-order chi connectivity index (χ1) is 8.52. The third-order valence-electron chi connectivity index (χ3n) is 1.97. The van der Waals surface area contributed by atoms with Gasteiger partial charge in [-0.15, -0.1) is 0 Å². The number of nitrogens with two attached hydrogens (primary N) is 1. The highest BCUT2D eigenvalue weighted by atomic mass is 16.5. The molecule has 0 spiro atoms. The van der Waals surface area contributed by atoms with E-state index in [1.165, 1.54) is 13.2 Å². The van der Waals surface area contributed by atoms with Gasteiger partial charge < -0.3 is 25.1 Å². The summed E-state index contributed by atoms with van der Waals surface area (Å²) in [5, 5.41) is 10.3. The van der Waals surface area contributed by atoms with Crippen LogP contribution < -0.4 is 20.3 Å². The van der Waals surface area contributed by atoms with E-state index >= 15 is 0 Å². The van der Waals surface area contributed by atoms with Gasteiger partial charge in [0, 0.05) is 0 Å². The van der Waals surface area contributed by atoms with Crippen molar-refractivity contribution in [2.45, 2.75) is 0 Å². The van der Waals surface area contributed by atoms with Crippen molar-refractivity contribution >= 4 is 18.0 Å². The van der Waals surface area contributed by atoms with Crippen molar-refractivity contribution in [3.05, 3.63) is 29.8 Å². The van der Waals surface area contributed by atoms with Gasteiger partial charge in [-0.25, -0.2) is 0 Å². The molecule has 1 rings (SSSR count). The monoisotopic (exact) mass is 250 g/mol. The Morgan fingerprint density at radius 3 is 2.67 bits per heavy atom. The number of hydrogen-bond acceptors (Lipinski definition) is 5. The normalized spacial score (nSPS) is 10.3. The van der Waals surface area contributed by atoms with Gasteiger partial charge in [-0.3, -0.25) is 4.79 Å². The molecule has 0 aliphatic rings. The van der Waals surface area contributed by atoms with Crippen molar-refractivity contribution in [1.82, 2.24) is 0 Å². The number of ether oxygens (including phenoxy) is 2. The summed E-state index contributed by atoms with van der Waals surface area (Å²) in [6.07, 6.45) is 2.26. The van der Waals surface area contributed by atoms with Gasteiger partial charge in [0.05, 0.1) is 13.1 Å². The van der Waals surface area contributed by atoms with E-state index in [0.717, 1.165) is 6.08 Å². The fourth-order valence-electron chi connectivity index (χ4n) is 1.22. The first-order valence-corrected chi connectivity index (χ1v) is 5.01. The zero-order valence-corrected chi connectivity index (χ0v) is 9.71. The van der Waals surface area contributed by atoms with Gasteiger partial charge in [0.15, 0.2) is 18.1 Å². The molecule has 1 amide bonds. The Kier molecular flexibility index (Phi) is 4.74. The Labute approximate surface area is 104 Å². The van der Waals surface area contributed by atoms with E-state index in [1.54, 1.807) is 18.2 Å². The molecule has 0 aliphatic heterocycles. The number of carbonyl (C=O) groups excluding carboxylic acids is 2. The van der Waals surface area contributed by atoms with Crippen LogP contribution in [0.5, 0.6) is 11.5 Å². The van der Waals surface area contributed by atoms with Gasteiger partial charge in [-0.1, -0.05) is 12.1 Å². The minimum atomic E-state index is -1.29. The summed E-state index contributed by atoms with van der Waals surface area (Å²) < 4.78 is 10.2. The summed E-state index contributed by atoms with van der Waals surface area (Å²) >= 11 is 0. The van der Waals surface area contributed by atoms with E-state index in [2.05, 4.69) is 0 Å². The van der Waals surface area contributed by atoms with Crippen molar-refractivity contribution in [1.29, 1.82) is 0 Å². The van der Waals surface area contributed by atoms with E-state index in [9.17, 15) is 14.7 Å². The average Bonchev–Trinajstić information content (AvgIpc) is 2.34. The number of carboxylic acid groups (broad SMARTS) is 1. The first kappa shape index (κ1) is 13.6. The minimum Gasteiger partial charge on any atom is -0.545 e. The number of methoxy groups -OCH3 is 1. The van der Waals surface area contributed by atoms with Crippen molar-refractivity contribution < 1.29 is 24.2 Å². The summed E-state index contributed by atoms with van der Waals surface area (Å²) in [4.78, 5) is 20.9. The van der Waals surface area contributed by atoms with Gasteiger partial charge in [0.25, 0.3) is 5.91 Å². The van der Waals surface area contributed by atoms with E-state index in [4.69, 9.17) is 15.2 Å². The molecule has 0 saturated heterocycles. The summed E-state index contributed by atoms with van der Waals surface area (Å²) in [7, 11) is 1.43. The molecule has 0 bridgehead atoms. The lowest BCUT2D eigenvalue weighted by Gasteiger charge is -2.09. The number of carboxylic acids is 1. The highest BCUT2D eigenvalue weighted by Crippen LogP contribution is 2.28. The van der Waals surface area contributed by atoms with Crippen LogP contribution >= 0.6 is 0 Å². The molecule has 0 atom stereocenters. The number of rotatable bonds is 6. The standard InChI is InChI=1S/C12H13NO5/c1-17-10-6-8(3-5-12(15)16)2-4-9(10)18-7-11(13)14/h2-6H,7H2,1H3,(H2,13,14)(H,15,16)/p-1. The zero-order valence-electron chi connectivity index (χ0n) is 9.71. The lowest BCUT2D eigenvalue weighted by atomic mass is 10.2. The second kappa shape index (κ2) is 6.29. The fourth-order valence-corrected chi connectivity index (χ4v) is 1.22. The summed E-state index contributed by atoms with van der Waals surface area (Å²) in [6, 6.07) is 4.73. The van der Waals surface area contributed by atoms with Crippen molar-refractivity contribution in [2.24, 2.45) is 5.73 Å². The number of hydrogen-bond donors (Lipinski definition) is 1. The number of carbonyl (C=O) groups is 2. The van der Waals surface area contributed by atoms with Crippen molar-refractivity contribution in [3.63, 3.8) is 0 Å². The second-order valence-electron chi connectivity index (χ2n) is 3.32. The summed E-state index contributed by atoms with van der Waals surface area (Å²) in [5.41, 5.74) is 5.55. The number of primary amides is 1. The molecular weight excluding hydrogens is 238 g/mol. The van der Waals surface area contributed by atoms with Crippen LogP contribution in [0.2, 0.25) is 0 Å². The molecule has 6 heteroatoms. The predicted molar refractivity (Wildman–Crippen MR) is 61.7 cm³/mol. The molecule has 0 fully saturated rings. The molecule has 0 saturated carbocycles. The fraction of sp³-hybridized carbons (Fsp3) is 0.167. The molecule has 18 heavy (non-hydrogen) atoms. The van der Waals surface area contributed by atoms with Gasteiger partial charge >= 0.3 is 0 Å². The second-order valence-corrected chi connectivity index (χ2v) is 3.32. The molecule has 1 aromatic carbocycles. The molecule has 6 nitrogen and oxygen atoms in total. The third-order valence-corrected chi connectivity index (χ3v) is 1.97. The number of aliphatic carboxylic acids is 1. The largest absolute Gasteiger partial charge is 0.545 e. The van der Waals surface area contributed by atoms with Gasteiger partial charge in [-0.2, -0.15) is 0 Å². The van der Waals surface area contributed by atoms with Crippen LogP contribution in [0.1, 0.15) is 5.56 Å². The number of amides is 1. The molecule has 0 radical (unpaired) electrons. The Hall–Kier alpha value is -2.50. The van der Waals surface area contributed by atoms with Crippen molar-refractivity contribution in [2.75, 3.05) is 13.7 Å². The maximum absolute atomic E-state index is 10.6. The molecule has 1 aromatic rings. The van der Waals surface area contributed by atoms with E-state index < -0.39 is 11.9 Å². The Bertz CT molecular complexity index is 481. The maximum atomic E-state index is 10.6. The Balaban J connectivity index is 2.89. The summed E-state index contributed by atoms with van der Waals surface area (Å²) in [6.45, 7) is -0.259. The lowest BCUT2D eigenvalue weighted by Crippen LogP contribution is -2.20. The van der Waals surface area contributed by atoms with E-state index in [1.807, 2.05) is 0 Å². The van der Waals surface area contributed by atoms with Crippen LogP contribution in [0.25, 0.3) is 6.08 Å². The topological polar surface area (TPSA) is 102 Å². The third kappa shape index (κ3) is 4.17. The highest BCUT2D eigenvalue weighted by molar-refractivity contribution is 5.83. The van der Waals surface area contributed by atoms with Crippen LogP contribution in [-0.2, 0) is 9.59 Å². The van der Waals surface area contributed by atoms with Crippen LogP contribution in [0.4, 0.5) is 0 Å². The smallest absolute Gasteiger partial charge is 0.255 e.